The molecule has 2 heterocycles. The molecular formula is C12H18F3N5O. The first-order valence-electron chi connectivity index (χ1n) is 6.67. The zero-order valence-electron chi connectivity index (χ0n) is 11.6. The van der Waals surface area contributed by atoms with Gasteiger partial charge in [0.1, 0.15) is 11.6 Å². The molecule has 0 radical (unpaired) electrons. The summed E-state index contributed by atoms with van der Waals surface area (Å²) in [4.78, 5) is 8.65. The molecule has 1 unspecified atom stereocenters. The summed E-state index contributed by atoms with van der Waals surface area (Å²) in [6.07, 6.45) is -3.63. The molecule has 1 atom stereocenters. The van der Waals surface area contributed by atoms with Gasteiger partial charge in [0.25, 0.3) is 0 Å². The summed E-state index contributed by atoms with van der Waals surface area (Å²) in [5.74, 6) is 4.22. The number of aromatic nitrogens is 2. The van der Waals surface area contributed by atoms with Gasteiger partial charge in [0.15, 0.2) is 0 Å². The molecule has 21 heavy (non-hydrogen) atoms. The number of nitrogens with two attached hydrogens (primary N) is 1. The maximum atomic E-state index is 12.8. The lowest BCUT2D eigenvalue weighted by molar-refractivity contribution is -0.144. The quantitative estimate of drug-likeness (QED) is 0.577. The van der Waals surface area contributed by atoms with Gasteiger partial charge in [-0.15, -0.1) is 0 Å². The molecule has 0 bridgehead atoms. The number of nitrogens with one attached hydrogen (secondary N) is 1. The van der Waals surface area contributed by atoms with Gasteiger partial charge in [-0.3, -0.25) is 0 Å². The number of rotatable bonds is 3. The molecule has 1 aromatic heterocycles. The predicted molar refractivity (Wildman–Crippen MR) is 71.5 cm³/mol. The second-order valence-corrected chi connectivity index (χ2v) is 5.14. The summed E-state index contributed by atoms with van der Waals surface area (Å²) in [5.41, 5.74) is 2.13. The molecule has 1 fully saturated rings. The van der Waals surface area contributed by atoms with E-state index < -0.39 is 18.1 Å². The maximum absolute atomic E-state index is 12.8. The largest absolute Gasteiger partial charge is 0.451 e. The molecule has 1 saturated heterocycles. The van der Waals surface area contributed by atoms with Crippen LogP contribution >= 0.6 is 0 Å². The van der Waals surface area contributed by atoms with Crippen LogP contribution in [-0.4, -0.2) is 34.3 Å². The van der Waals surface area contributed by atoms with E-state index in [0.29, 0.717) is 25.9 Å². The van der Waals surface area contributed by atoms with E-state index in [-0.39, 0.29) is 17.6 Å². The third kappa shape index (κ3) is 3.73. The van der Waals surface area contributed by atoms with Gasteiger partial charge in [-0.1, -0.05) is 0 Å². The summed E-state index contributed by atoms with van der Waals surface area (Å²) in [6, 6.07) is 1.39. The number of nitrogen functional groups attached to an aromatic ring is 1. The highest BCUT2D eigenvalue weighted by Crippen LogP contribution is 2.30. The van der Waals surface area contributed by atoms with Crippen molar-refractivity contribution in [1.82, 2.24) is 9.97 Å². The number of aliphatic hydroxyl groups excluding tert-OH is 1. The van der Waals surface area contributed by atoms with Crippen molar-refractivity contribution < 1.29 is 18.3 Å². The Morgan fingerprint density at radius 1 is 1.38 bits per heavy atom. The second kappa shape index (κ2) is 6.02. The number of anilines is 2. The monoisotopic (exact) mass is 305 g/mol. The van der Waals surface area contributed by atoms with E-state index in [9.17, 15) is 18.3 Å². The molecule has 0 aliphatic carbocycles. The van der Waals surface area contributed by atoms with Crippen molar-refractivity contribution in [2.75, 3.05) is 23.4 Å². The van der Waals surface area contributed by atoms with Gasteiger partial charge in [-0.2, -0.15) is 13.2 Å². The third-order valence-electron chi connectivity index (χ3n) is 3.66. The van der Waals surface area contributed by atoms with Gasteiger partial charge < -0.3 is 15.4 Å². The van der Waals surface area contributed by atoms with E-state index in [0.717, 1.165) is 0 Å². The fraction of sp³-hybridized carbons (Fsp3) is 0.667. The van der Waals surface area contributed by atoms with E-state index in [4.69, 9.17) is 5.84 Å². The van der Waals surface area contributed by atoms with Crippen LogP contribution in [0.5, 0.6) is 0 Å². The van der Waals surface area contributed by atoms with Crippen LogP contribution < -0.4 is 16.2 Å². The number of halogens is 3. The average molecular weight is 305 g/mol. The zero-order chi connectivity index (χ0) is 15.6. The fourth-order valence-electron chi connectivity index (χ4n) is 2.41. The van der Waals surface area contributed by atoms with E-state index in [1.54, 1.807) is 11.8 Å². The lowest BCUT2D eigenvalue weighted by Gasteiger charge is -2.34. The van der Waals surface area contributed by atoms with Gasteiger partial charge >= 0.3 is 6.18 Å². The number of hydrazine groups is 1. The van der Waals surface area contributed by atoms with Crippen LogP contribution in [0.25, 0.3) is 0 Å². The first kappa shape index (κ1) is 15.8. The SMILES string of the molecule is CC(O)C1CCN(c2cc(NN)nc(C(F)(F)F)n2)CC1. The standard InChI is InChI=1S/C12H18F3N5O/c1-7(21)8-2-4-20(5-3-8)10-6-9(19-16)17-11(18-10)12(13,14)15/h6-8,21H,2-5,16H2,1H3,(H,17,18,19). The van der Waals surface area contributed by atoms with Gasteiger partial charge in [-0.25, -0.2) is 15.8 Å². The summed E-state index contributed by atoms with van der Waals surface area (Å²) >= 11 is 0. The molecule has 4 N–H and O–H groups in total. The second-order valence-electron chi connectivity index (χ2n) is 5.14. The van der Waals surface area contributed by atoms with Crippen molar-refractivity contribution in [1.29, 1.82) is 0 Å². The number of aliphatic hydroxyl groups is 1. The van der Waals surface area contributed by atoms with Crippen molar-refractivity contribution in [3.05, 3.63) is 11.9 Å². The van der Waals surface area contributed by atoms with Gasteiger partial charge in [-0.05, 0) is 25.7 Å². The number of hydrogen-bond donors (Lipinski definition) is 3. The summed E-state index contributed by atoms with van der Waals surface area (Å²) in [6.45, 7) is 2.80. The molecule has 0 spiro atoms. The smallest absolute Gasteiger partial charge is 0.393 e. The molecule has 6 nitrogen and oxygen atoms in total. The minimum absolute atomic E-state index is 0.0787. The van der Waals surface area contributed by atoms with Crippen LogP contribution in [0.4, 0.5) is 24.8 Å². The molecule has 118 valence electrons. The van der Waals surface area contributed by atoms with Crippen LogP contribution in [0.15, 0.2) is 6.07 Å². The fourth-order valence-corrected chi connectivity index (χ4v) is 2.41. The predicted octanol–water partition coefficient (Wildman–Crippen LogP) is 1.38. The third-order valence-corrected chi connectivity index (χ3v) is 3.66. The van der Waals surface area contributed by atoms with Crippen molar-refractivity contribution in [2.45, 2.75) is 32.0 Å². The summed E-state index contributed by atoms with van der Waals surface area (Å²) < 4.78 is 38.3. The van der Waals surface area contributed by atoms with Crippen molar-refractivity contribution >= 4 is 11.6 Å². The van der Waals surface area contributed by atoms with Crippen molar-refractivity contribution in [2.24, 2.45) is 11.8 Å². The number of piperidine rings is 1. The molecule has 0 saturated carbocycles. The summed E-state index contributed by atoms with van der Waals surface area (Å²) in [7, 11) is 0. The molecular weight excluding hydrogens is 287 g/mol. The number of alkyl halides is 3. The molecule has 0 aromatic carbocycles. The lowest BCUT2D eigenvalue weighted by atomic mass is 9.92. The Morgan fingerprint density at radius 2 is 2.00 bits per heavy atom. The normalized spacial score (nSPS) is 18.7. The molecule has 1 aliphatic heterocycles. The van der Waals surface area contributed by atoms with Crippen LogP contribution in [-0.2, 0) is 6.18 Å². The van der Waals surface area contributed by atoms with Crippen LogP contribution in [0.2, 0.25) is 0 Å². The highest BCUT2D eigenvalue weighted by Gasteiger charge is 2.36. The lowest BCUT2D eigenvalue weighted by Crippen LogP contribution is -2.38. The van der Waals surface area contributed by atoms with Crippen LogP contribution in [0.3, 0.4) is 0 Å². The molecule has 0 amide bonds. The Morgan fingerprint density at radius 3 is 2.48 bits per heavy atom. The number of nitrogens with zero attached hydrogens (tertiary/aromatic N) is 3. The van der Waals surface area contributed by atoms with Crippen LogP contribution in [0.1, 0.15) is 25.6 Å². The van der Waals surface area contributed by atoms with E-state index in [2.05, 4.69) is 15.4 Å². The van der Waals surface area contributed by atoms with Crippen molar-refractivity contribution in [3.8, 4) is 0 Å². The Bertz CT molecular complexity index is 486. The topological polar surface area (TPSA) is 87.3 Å². The highest BCUT2D eigenvalue weighted by atomic mass is 19.4. The van der Waals surface area contributed by atoms with Gasteiger partial charge in [0, 0.05) is 19.2 Å². The Hall–Kier alpha value is -1.61. The Kier molecular flexibility index (Phi) is 4.52. The number of hydrogen-bond acceptors (Lipinski definition) is 6. The highest BCUT2D eigenvalue weighted by molar-refractivity contribution is 5.49. The Labute approximate surface area is 120 Å². The zero-order valence-corrected chi connectivity index (χ0v) is 11.6. The van der Waals surface area contributed by atoms with Crippen LogP contribution in [0, 0.1) is 5.92 Å². The van der Waals surface area contributed by atoms with E-state index in [1.165, 1.54) is 6.07 Å². The van der Waals surface area contributed by atoms with Crippen molar-refractivity contribution in [3.63, 3.8) is 0 Å². The maximum Gasteiger partial charge on any atom is 0.451 e. The first-order valence-corrected chi connectivity index (χ1v) is 6.67. The molecule has 1 aliphatic rings. The first-order chi connectivity index (χ1) is 9.81. The average Bonchev–Trinajstić information content (AvgIpc) is 2.46. The minimum atomic E-state index is -4.63. The van der Waals surface area contributed by atoms with E-state index >= 15 is 0 Å². The molecule has 2 rings (SSSR count). The molecule has 9 heteroatoms. The van der Waals surface area contributed by atoms with E-state index in [1.807, 2.05) is 0 Å². The summed E-state index contributed by atoms with van der Waals surface area (Å²) in [5, 5.41) is 9.55. The minimum Gasteiger partial charge on any atom is -0.393 e. The Balaban J connectivity index is 2.20. The molecule has 1 aromatic rings. The van der Waals surface area contributed by atoms with Gasteiger partial charge in [0.05, 0.1) is 6.10 Å². The van der Waals surface area contributed by atoms with Gasteiger partial charge in [0.2, 0.25) is 5.82 Å².